The maximum absolute atomic E-state index is 12.2. The number of carbonyl (C=O) groups excluding carboxylic acids is 2. The zero-order valence-electron chi connectivity index (χ0n) is 13.4. The van der Waals surface area contributed by atoms with Crippen molar-refractivity contribution in [2.75, 3.05) is 7.11 Å². The van der Waals surface area contributed by atoms with Gasteiger partial charge in [0.1, 0.15) is 5.69 Å². The Balaban J connectivity index is 1.61. The van der Waals surface area contributed by atoms with E-state index in [1.807, 2.05) is 6.07 Å². The standard InChI is InChI=1S/C17H15N5O3/c1-25-17(24)13-6-4-12(5-7-13)16(23)19-9-14-11-22(21-20-14)15-3-2-8-18-10-15/h2-8,10-11H,9H2,1H3,(H,19,23). The molecule has 1 aromatic carbocycles. The van der Waals surface area contributed by atoms with Gasteiger partial charge in [0.15, 0.2) is 0 Å². The lowest BCUT2D eigenvalue weighted by molar-refractivity contribution is 0.0600. The number of methoxy groups -OCH3 is 1. The molecule has 8 heteroatoms. The van der Waals surface area contributed by atoms with Crippen molar-refractivity contribution >= 4 is 11.9 Å². The number of hydrogen-bond acceptors (Lipinski definition) is 6. The van der Waals surface area contributed by atoms with Gasteiger partial charge in [0.2, 0.25) is 0 Å². The monoisotopic (exact) mass is 337 g/mol. The number of benzene rings is 1. The van der Waals surface area contributed by atoms with Crippen molar-refractivity contribution in [2.24, 2.45) is 0 Å². The molecule has 25 heavy (non-hydrogen) atoms. The predicted octanol–water partition coefficient (Wildman–Crippen LogP) is 1.38. The Hall–Kier alpha value is -3.55. The van der Waals surface area contributed by atoms with Crippen LogP contribution in [0, 0.1) is 0 Å². The highest BCUT2D eigenvalue weighted by molar-refractivity contribution is 5.96. The van der Waals surface area contributed by atoms with Crippen LogP contribution in [-0.4, -0.2) is 39.0 Å². The summed E-state index contributed by atoms with van der Waals surface area (Å²) in [5, 5.41) is 10.8. The molecule has 0 spiro atoms. The molecule has 0 saturated carbocycles. The number of nitrogens with one attached hydrogen (secondary N) is 1. The minimum atomic E-state index is -0.445. The molecule has 3 aromatic rings. The summed E-state index contributed by atoms with van der Waals surface area (Å²) in [7, 11) is 1.31. The van der Waals surface area contributed by atoms with Crippen LogP contribution in [0.2, 0.25) is 0 Å². The van der Waals surface area contributed by atoms with Crippen LogP contribution in [0.4, 0.5) is 0 Å². The van der Waals surface area contributed by atoms with Gasteiger partial charge in [-0.2, -0.15) is 0 Å². The lowest BCUT2D eigenvalue weighted by Gasteiger charge is -2.04. The fourth-order valence-electron chi connectivity index (χ4n) is 2.14. The van der Waals surface area contributed by atoms with Gasteiger partial charge in [-0.15, -0.1) is 5.10 Å². The average Bonchev–Trinajstić information content (AvgIpc) is 3.15. The Labute approximate surface area is 143 Å². The zero-order valence-corrected chi connectivity index (χ0v) is 13.4. The smallest absolute Gasteiger partial charge is 0.337 e. The number of nitrogens with zero attached hydrogens (tertiary/aromatic N) is 4. The molecule has 2 heterocycles. The summed E-state index contributed by atoms with van der Waals surface area (Å²) in [5.41, 5.74) is 2.22. The summed E-state index contributed by atoms with van der Waals surface area (Å²) >= 11 is 0. The molecule has 3 rings (SSSR count). The van der Waals surface area contributed by atoms with Crippen LogP contribution in [0.15, 0.2) is 55.0 Å². The summed E-state index contributed by atoms with van der Waals surface area (Å²) in [6, 6.07) is 9.87. The highest BCUT2D eigenvalue weighted by Gasteiger charge is 2.10. The molecule has 0 aliphatic carbocycles. The minimum absolute atomic E-state index is 0.234. The van der Waals surface area contributed by atoms with Crippen LogP contribution in [0.3, 0.4) is 0 Å². The van der Waals surface area contributed by atoms with Gasteiger partial charge in [-0.05, 0) is 36.4 Å². The minimum Gasteiger partial charge on any atom is -0.465 e. The molecule has 0 atom stereocenters. The van der Waals surface area contributed by atoms with E-state index in [2.05, 4.69) is 25.3 Å². The third-order valence-corrected chi connectivity index (χ3v) is 3.45. The van der Waals surface area contributed by atoms with Gasteiger partial charge in [0.05, 0.1) is 37.3 Å². The second-order valence-electron chi connectivity index (χ2n) is 5.12. The summed E-state index contributed by atoms with van der Waals surface area (Å²) in [6.45, 7) is 0.234. The fourth-order valence-corrected chi connectivity index (χ4v) is 2.14. The molecule has 2 aromatic heterocycles. The molecule has 0 saturated heterocycles. The van der Waals surface area contributed by atoms with E-state index in [-0.39, 0.29) is 12.5 Å². The molecule has 1 amide bonds. The fraction of sp³-hybridized carbons (Fsp3) is 0.118. The van der Waals surface area contributed by atoms with Crippen LogP contribution in [0.5, 0.6) is 0 Å². The Morgan fingerprint density at radius 3 is 2.60 bits per heavy atom. The van der Waals surface area contributed by atoms with E-state index < -0.39 is 5.97 Å². The molecule has 126 valence electrons. The molecular formula is C17H15N5O3. The summed E-state index contributed by atoms with van der Waals surface area (Å²) in [5.74, 6) is -0.716. The van der Waals surface area contributed by atoms with E-state index >= 15 is 0 Å². The lowest BCUT2D eigenvalue weighted by Crippen LogP contribution is -2.23. The van der Waals surface area contributed by atoms with Crippen molar-refractivity contribution in [3.05, 3.63) is 71.8 Å². The quantitative estimate of drug-likeness (QED) is 0.706. The SMILES string of the molecule is COC(=O)c1ccc(C(=O)NCc2cn(-c3cccnc3)nn2)cc1. The van der Waals surface area contributed by atoms with Gasteiger partial charge in [0, 0.05) is 11.8 Å². The summed E-state index contributed by atoms with van der Waals surface area (Å²) in [4.78, 5) is 27.6. The second kappa shape index (κ2) is 7.35. The van der Waals surface area contributed by atoms with Crippen LogP contribution in [-0.2, 0) is 11.3 Å². The molecule has 0 aliphatic heterocycles. The predicted molar refractivity (Wildman–Crippen MR) is 88.1 cm³/mol. The van der Waals surface area contributed by atoms with E-state index in [0.717, 1.165) is 5.69 Å². The number of ether oxygens (including phenoxy) is 1. The number of amides is 1. The van der Waals surface area contributed by atoms with Gasteiger partial charge < -0.3 is 10.1 Å². The first-order chi connectivity index (χ1) is 12.2. The van der Waals surface area contributed by atoms with Crippen molar-refractivity contribution in [2.45, 2.75) is 6.54 Å². The van der Waals surface area contributed by atoms with Crippen LogP contribution < -0.4 is 5.32 Å². The Bertz CT molecular complexity index is 875. The van der Waals surface area contributed by atoms with Crippen molar-refractivity contribution < 1.29 is 14.3 Å². The van der Waals surface area contributed by atoms with E-state index in [9.17, 15) is 9.59 Å². The van der Waals surface area contributed by atoms with Crippen molar-refractivity contribution in [3.8, 4) is 5.69 Å². The van der Waals surface area contributed by atoms with E-state index in [1.165, 1.54) is 7.11 Å². The zero-order chi connectivity index (χ0) is 17.6. The summed E-state index contributed by atoms with van der Waals surface area (Å²) in [6.07, 6.45) is 5.06. The molecule has 0 unspecified atom stereocenters. The highest BCUT2D eigenvalue weighted by atomic mass is 16.5. The van der Waals surface area contributed by atoms with Crippen molar-refractivity contribution in [1.82, 2.24) is 25.3 Å². The number of hydrogen-bond donors (Lipinski definition) is 1. The molecule has 0 radical (unpaired) electrons. The average molecular weight is 337 g/mol. The maximum atomic E-state index is 12.2. The van der Waals surface area contributed by atoms with Crippen LogP contribution in [0.25, 0.3) is 5.69 Å². The van der Waals surface area contributed by atoms with Gasteiger partial charge in [-0.3, -0.25) is 9.78 Å². The maximum Gasteiger partial charge on any atom is 0.337 e. The Morgan fingerprint density at radius 1 is 1.16 bits per heavy atom. The number of aromatic nitrogens is 4. The van der Waals surface area contributed by atoms with E-state index in [0.29, 0.717) is 16.8 Å². The molecular weight excluding hydrogens is 322 g/mol. The van der Waals surface area contributed by atoms with Gasteiger partial charge >= 0.3 is 5.97 Å². The number of carbonyl (C=O) groups is 2. The molecule has 0 fully saturated rings. The first-order valence-electron chi connectivity index (χ1n) is 7.45. The first-order valence-corrected chi connectivity index (χ1v) is 7.45. The molecule has 1 N–H and O–H groups in total. The highest BCUT2D eigenvalue weighted by Crippen LogP contribution is 2.07. The number of rotatable bonds is 5. The normalized spacial score (nSPS) is 10.3. The van der Waals surface area contributed by atoms with Gasteiger partial charge in [-0.1, -0.05) is 5.21 Å². The van der Waals surface area contributed by atoms with Gasteiger partial charge in [-0.25, -0.2) is 9.48 Å². The van der Waals surface area contributed by atoms with E-state index in [1.54, 1.807) is 53.6 Å². The van der Waals surface area contributed by atoms with Gasteiger partial charge in [0.25, 0.3) is 5.91 Å². The summed E-state index contributed by atoms with van der Waals surface area (Å²) < 4.78 is 6.20. The van der Waals surface area contributed by atoms with E-state index in [4.69, 9.17) is 0 Å². The third-order valence-electron chi connectivity index (χ3n) is 3.45. The number of pyridine rings is 1. The van der Waals surface area contributed by atoms with Crippen LogP contribution in [0.1, 0.15) is 26.4 Å². The largest absolute Gasteiger partial charge is 0.465 e. The number of esters is 1. The van der Waals surface area contributed by atoms with Crippen molar-refractivity contribution in [3.63, 3.8) is 0 Å². The van der Waals surface area contributed by atoms with Crippen molar-refractivity contribution in [1.29, 1.82) is 0 Å². The Kier molecular flexibility index (Phi) is 4.79. The molecule has 0 bridgehead atoms. The lowest BCUT2D eigenvalue weighted by atomic mass is 10.1. The molecule has 8 nitrogen and oxygen atoms in total. The second-order valence-corrected chi connectivity index (χ2v) is 5.12. The third kappa shape index (κ3) is 3.86. The first kappa shape index (κ1) is 16.3. The molecule has 0 aliphatic rings. The topological polar surface area (TPSA) is 99.0 Å². The van der Waals surface area contributed by atoms with Crippen LogP contribution >= 0.6 is 0 Å². The Morgan fingerprint density at radius 2 is 1.92 bits per heavy atom.